The summed E-state index contributed by atoms with van der Waals surface area (Å²) in [6.45, 7) is 4.20. The van der Waals surface area contributed by atoms with Gasteiger partial charge in [-0.1, -0.05) is 37.2 Å². The molecule has 1 aromatic heterocycles. The highest BCUT2D eigenvalue weighted by molar-refractivity contribution is 6.37. The van der Waals surface area contributed by atoms with Crippen LogP contribution in [-0.2, 0) is 14.4 Å². The number of amides is 1. The molecule has 1 aliphatic carbocycles. The van der Waals surface area contributed by atoms with Crippen LogP contribution in [0.2, 0.25) is 0 Å². The second kappa shape index (κ2) is 7.63. The van der Waals surface area contributed by atoms with Crippen molar-refractivity contribution >= 4 is 29.1 Å². The Morgan fingerprint density at radius 2 is 2.19 bits per heavy atom. The average Bonchev–Trinajstić information content (AvgIpc) is 3.27. The van der Waals surface area contributed by atoms with E-state index in [0.717, 1.165) is 12.0 Å². The number of carbonyl (C=O) groups is 3. The topological polar surface area (TPSA) is 114 Å². The van der Waals surface area contributed by atoms with E-state index in [9.17, 15) is 14.4 Å². The molecule has 1 fully saturated rings. The number of allylic oxidation sites excluding steroid dienone is 4. The Balaban J connectivity index is 1.66. The molecular weight excluding hydrogens is 336 g/mol. The number of piperidine rings is 1. The molecule has 2 aliphatic rings. The molecule has 26 heavy (non-hydrogen) atoms. The molecule has 2 heterocycles. The molecular formula is C18H22N4O4. The molecule has 0 bridgehead atoms. The van der Waals surface area contributed by atoms with Crippen molar-refractivity contribution < 1.29 is 18.8 Å². The first-order chi connectivity index (χ1) is 12.5. The van der Waals surface area contributed by atoms with Crippen LogP contribution < -0.4 is 10.6 Å². The zero-order chi connectivity index (χ0) is 18.7. The Morgan fingerprint density at radius 1 is 1.38 bits per heavy atom. The fraction of sp³-hybridized carbons (Fsp3) is 0.500. The molecule has 0 spiro atoms. The van der Waals surface area contributed by atoms with E-state index in [4.69, 9.17) is 4.42 Å². The summed E-state index contributed by atoms with van der Waals surface area (Å²) in [5.41, 5.74) is 0.928. The fourth-order valence-corrected chi connectivity index (χ4v) is 3.10. The van der Waals surface area contributed by atoms with E-state index in [1.807, 2.05) is 32.1 Å². The highest BCUT2D eigenvalue weighted by atomic mass is 16.4. The maximum atomic E-state index is 12.7. The van der Waals surface area contributed by atoms with Crippen molar-refractivity contribution in [3.63, 3.8) is 0 Å². The molecule has 8 nitrogen and oxygen atoms in total. The van der Waals surface area contributed by atoms with Gasteiger partial charge in [0.25, 0.3) is 5.91 Å². The van der Waals surface area contributed by atoms with E-state index in [1.54, 1.807) is 0 Å². The minimum absolute atomic E-state index is 0.0260. The van der Waals surface area contributed by atoms with Crippen molar-refractivity contribution in [3.8, 4) is 0 Å². The molecule has 1 amide bonds. The number of Topliss-reactive ketones (excluding diaryl/α,β-unsaturated/α-hetero) is 2. The Hall–Kier alpha value is -2.77. The summed E-state index contributed by atoms with van der Waals surface area (Å²) in [5, 5.41) is 13.4. The van der Waals surface area contributed by atoms with E-state index < -0.39 is 23.7 Å². The van der Waals surface area contributed by atoms with E-state index in [1.165, 1.54) is 0 Å². The molecule has 1 saturated heterocycles. The first kappa shape index (κ1) is 18.0. The van der Waals surface area contributed by atoms with Gasteiger partial charge >= 0.3 is 6.01 Å². The first-order valence-corrected chi connectivity index (χ1v) is 8.76. The zero-order valence-electron chi connectivity index (χ0n) is 14.8. The van der Waals surface area contributed by atoms with E-state index in [2.05, 4.69) is 20.8 Å². The van der Waals surface area contributed by atoms with Crippen molar-refractivity contribution in [2.75, 3.05) is 11.9 Å². The van der Waals surface area contributed by atoms with Crippen LogP contribution in [0.4, 0.5) is 6.01 Å². The van der Waals surface area contributed by atoms with Crippen LogP contribution >= 0.6 is 0 Å². The van der Waals surface area contributed by atoms with Crippen LogP contribution in [0.5, 0.6) is 0 Å². The van der Waals surface area contributed by atoms with E-state index in [0.29, 0.717) is 18.9 Å². The second-order valence-corrected chi connectivity index (χ2v) is 6.88. The highest BCUT2D eigenvalue weighted by Crippen LogP contribution is 2.24. The number of hydrogen-bond acceptors (Lipinski definition) is 7. The third-order valence-electron chi connectivity index (χ3n) is 4.58. The van der Waals surface area contributed by atoms with Crippen LogP contribution in [0, 0.1) is 11.8 Å². The molecule has 8 heteroatoms. The molecule has 2 unspecified atom stereocenters. The summed E-state index contributed by atoms with van der Waals surface area (Å²) in [7, 11) is 0. The second-order valence-electron chi connectivity index (χ2n) is 6.88. The number of aromatic nitrogens is 2. The van der Waals surface area contributed by atoms with Gasteiger partial charge in [-0.15, -0.1) is 5.10 Å². The summed E-state index contributed by atoms with van der Waals surface area (Å²) < 4.78 is 5.60. The molecule has 1 aromatic rings. The van der Waals surface area contributed by atoms with Crippen LogP contribution in [0.25, 0.3) is 5.57 Å². The van der Waals surface area contributed by atoms with Gasteiger partial charge < -0.3 is 15.1 Å². The average molecular weight is 358 g/mol. The zero-order valence-corrected chi connectivity index (χ0v) is 14.8. The van der Waals surface area contributed by atoms with Crippen LogP contribution in [0.15, 0.2) is 22.6 Å². The Labute approximate surface area is 151 Å². The van der Waals surface area contributed by atoms with Gasteiger partial charge in [0.1, 0.15) is 0 Å². The Morgan fingerprint density at radius 3 is 2.88 bits per heavy atom. The molecule has 2 atom stereocenters. The summed E-state index contributed by atoms with van der Waals surface area (Å²) >= 11 is 0. The van der Waals surface area contributed by atoms with Gasteiger partial charge in [0.05, 0.1) is 6.04 Å². The number of ketones is 2. The Bertz CT molecular complexity index is 778. The first-order valence-electron chi connectivity index (χ1n) is 8.76. The number of carbonyl (C=O) groups excluding carboxylic acids is 3. The number of hydrogen-bond donors (Lipinski definition) is 2. The minimum Gasteiger partial charge on any atom is -0.404 e. The third-order valence-corrected chi connectivity index (χ3v) is 4.58. The maximum absolute atomic E-state index is 12.7. The monoisotopic (exact) mass is 358 g/mol. The normalized spacial score (nSPS) is 20.9. The van der Waals surface area contributed by atoms with Crippen molar-refractivity contribution in [2.24, 2.45) is 11.8 Å². The van der Waals surface area contributed by atoms with Crippen molar-refractivity contribution in [1.29, 1.82) is 0 Å². The maximum Gasteiger partial charge on any atom is 0.316 e. The molecule has 1 aliphatic heterocycles. The lowest BCUT2D eigenvalue weighted by atomic mass is 9.87. The third kappa shape index (κ3) is 3.89. The van der Waals surface area contributed by atoms with Gasteiger partial charge in [0.15, 0.2) is 5.78 Å². The lowest BCUT2D eigenvalue weighted by Crippen LogP contribution is -2.45. The lowest BCUT2D eigenvalue weighted by Gasteiger charge is -2.24. The van der Waals surface area contributed by atoms with Crippen LogP contribution in [0.1, 0.15) is 39.0 Å². The summed E-state index contributed by atoms with van der Waals surface area (Å²) in [6, 6.07) is -0.399. The molecule has 0 radical (unpaired) electrons. The van der Waals surface area contributed by atoms with Crippen LogP contribution in [-0.4, -0.2) is 40.3 Å². The lowest BCUT2D eigenvalue weighted by molar-refractivity contribution is -0.143. The quantitative estimate of drug-likeness (QED) is 0.710. The number of nitrogens with one attached hydrogen (secondary N) is 2. The van der Waals surface area contributed by atoms with E-state index in [-0.39, 0.29) is 24.1 Å². The predicted molar refractivity (Wildman–Crippen MR) is 94.0 cm³/mol. The summed E-state index contributed by atoms with van der Waals surface area (Å²) in [4.78, 5) is 36.1. The fourth-order valence-electron chi connectivity index (χ4n) is 3.10. The molecule has 2 N–H and O–H groups in total. The standard InChI is InChI=1S/C18H22N4O4/c1-10(2)14(13(23)9-12-7-8-19-16(25)15(12)24)20-18-22-21-17(26-18)11-5-3-4-6-11/h3-5,10,12,14H,6-9H2,1-2H3,(H,19,25)(H,20,22). The van der Waals surface area contributed by atoms with Gasteiger partial charge in [-0.05, 0) is 18.8 Å². The van der Waals surface area contributed by atoms with Gasteiger partial charge in [-0.2, -0.15) is 0 Å². The van der Waals surface area contributed by atoms with Gasteiger partial charge in [0.2, 0.25) is 11.7 Å². The molecule has 0 aromatic carbocycles. The summed E-state index contributed by atoms with van der Waals surface area (Å²) in [5.74, 6) is -1.46. The van der Waals surface area contributed by atoms with Crippen LogP contribution in [0.3, 0.4) is 0 Å². The minimum atomic E-state index is -0.608. The van der Waals surface area contributed by atoms with E-state index >= 15 is 0 Å². The summed E-state index contributed by atoms with van der Waals surface area (Å²) in [6.07, 6.45) is 7.06. The highest BCUT2D eigenvalue weighted by Gasteiger charge is 2.34. The Kier molecular flexibility index (Phi) is 5.29. The van der Waals surface area contributed by atoms with Crippen molar-refractivity contribution in [2.45, 2.75) is 39.2 Å². The molecule has 3 rings (SSSR count). The largest absolute Gasteiger partial charge is 0.404 e. The van der Waals surface area contributed by atoms with Crippen molar-refractivity contribution in [3.05, 3.63) is 24.1 Å². The van der Waals surface area contributed by atoms with Gasteiger partial charge in [-0.3, -0.25) is 14.4 Å². The number of rotatable bonds is 7. The number of anilines is 1. The molecule has 0 saturated carbocycles. The SMILES string of the molecule is CC(C)C(Nc1nnc(C2=CC=CC2)o1)C(=O)CC1CCNC(=O)C1=O. The van der Waals surface area contributed by atoms with Gasteiger partial charge in [-0.25, -0.2) is 0 Å². The predicted octanol–water partition coefficient (Wildman–Crippen LogP) is 1.51. The van der Waals surface area contributed by atoms with Crippen molar-refractivity contribution in [1.82, 2.24) is 15.5 Å². The van der Waals surface area contributed by atoms with Gasteiger partial charge in [0, 0.05) is 24.5 Å². The smallest absolute Gasteiger partial charge is 0.316 e. The number of nitrogens with zero attached hydrogens (tertiary/aromatic N) is 2. The molecule has 138 valence electrons.